The Balaban J connectivity index is 2.58. The molecule has 0 aliphatic carbocycles. The summed E-state index contributed by atoms with van der Waals surface area (Å²) in [5.74, 6) is 0.850. The molecule has 1 rings (SSSR count). The second kappa shape index (κ2) is 5.55. The minimum Gasteiger partial charge on any atom is -0.497 e. The van der Waals surface area contributed by atoms with Crippen LogP contribution in [0.3, 0.4) is 0 Å². The lowest BCUT2D eigenvalue weighted by Gasteiger charge is -2.07. The standard InChI is InChI=1S/C11H14ClNO/c1-9(7-12)8-13-10-4-3-5-11(6-10)14-2/h3-7,13H,8H2,1-2H3/b9-7+. The molecule has 1 N–H and O–H groups in total. The molecular formula is C11H14ClNO. The lowest BCUT2D eigenvalue weighted by atomic mass is 10.3. The number of hydrogen-bond donors (Lipinski definition) is 1. The number of anilines is 1. The van der Waals surface area contributed by atoms with E-state index >= 15 is 0 Å². The van der Waals surface area contributed by atoms with Gasteiger partial charge in [0.2, 0.25) is 0 Å². The fourth-order valence-corrected chi connectivity index (χ4v) is 1.09. The highest BCUT2D eigenvalue weighted by molar-refractivity contribution is 6.25. The Labute approximate surface area is 89.5 Å². The van der Waals surface area contributed by atoms with Crippen LogP contribution < -0.4 is 10.1 Å². The number of hydrogen-bond acceptors (Lipinski definition) is 2. The van der Waals surface area contributed by atoms with E-state index in [1.165, 1.54) is 0 Å². The van der Waals surface area contributed by atoms with Crippen LogP contribution in [0.25, 0.3) is 0 Å². The Kier molecular flexibility index (Phi) is 4.33. The summed E-state index contributed by atoms with van der Waals surface area (Å²) in [4.78, 5) is 0. The first-order valence-corrected chi connectivity index (χ1v) is 4.83. The fraction of sp³-hybridized carbons (Fsp3) is 0.273. The second-order valence-electron chi connectivity index (χ2n) is 3.04. The molecule has 76 valence electrons. The van der Waals surface area contributed by atoms with Gasteiger partial charge in [0.1, 0.15) is 5.75 Å². The van der Waals surface area contributed by atoms with Crippen molar-refractivity contribution in [1.82, 2.24) is 0 Å². The van der Waals surface area contributed by atoms with Gasteiger partial charge in [-0.25, -0.2) is 0 Å². The zero-order valence-electron chi connectivity index (χ0n) is 8.38. The van der Waals surface area contributed by atoms with Crippen molar-refractivity contribution in [1.29, 1.82) is 0 Å². The summed E-state index contributed by atoms with van der Waals surface area (Å²) in [5, 5.41) is 3.24. The van der Waals surface area contributed by atoms with Gasteiger partial charge < -0.3 is 10.1 Å². The number of benzene rings is 1. The van der Waals surface area contributed by atoms with E-state index in [4.69, 9.17) is 16.3 Å². The monoisotopic (exact) mass is 211 g/mol. The van der Waals surface area contributed by atoms with Crippen LogP contribution in [0.5, 0.6) is 5.75 Å². The number of nitrogens with one attached hydrogen (secondary N) is 1. The smallest absolute Gasteiger partial charge is 0.120 e. The van der Waals surface area contributed by atoms with Crippen LogP contribution in [0, 0.1) is 0 Å². The highest BCUT2D eigenvalue weighted by Gasteiger charge is 1.94. The predicted octanol–water partition coefficient (Wildman–Crippen LogP) is 3.25. The summed E-state index contributed by atoms with van der Waals surface area (Å²) in [6.07, 6.45) is 0. The molecule has 0 aromatic heterocycles. The van der Waals surface area contributed by atoms with Crippen LogP contribution in [0.4, 0.5) is 5.69 Å². The molecule has 0 heterocycles. The van der Waals surface area contributed by atoms with Crippen molar-refractivity contribution in [3.8, 4) is 5.75 Å². The van der Waals surface area contributed by atoms with Crippen LogP contribution >= 0.6 is 11.6 Å². The molecule has 0 atom stereocenters. The van der Waals surface area contributed by atoms with E-state index < -0.39 is 0 Å². The van der Waals surface area contributed by atoms with Crippen molar-refractivity contribution in [2.45, 2.75) is 6.92 Å². The van der Waals surface area contributed by atoms with Crippen molar-refractivity contribution >= 4 is 17.3 Å². The lowest BCUT2D eigenvalue weighted by molar-refractivity contribution is 0.415. The van der Waals surface area contributed by atoms with Crippen molar-refractivity contribution in [3.63, 3.8) is 0 Å². The van der Waals surface area contributed by atoms with Gasteiger partial charge in [-0.15, -0.1) is 0 Å². The number of rotatable bonds is 4. The van der Waals surface area contributed by atoms with Crippen molar-refractivity contribution in [2.75, 3.05) is 19.0 Å². The maximum Gasteiger partial charge on any atom is 0.120 e. The van der Waals surface area contributed by atoms with E-state index in [1.54, 1.807) is 12.6 Å². The fourth-order valence-electron chi connectivity index (χ4n) is 1.01. The molecule has 0 unspecified atom stereocenters. The van der Waals surface area contributed by atoms with Gasteiger partial charge in [0, 0.05) is 23.8 Å². The maximum absolute atomic E-state index is 5.55. The first-order chi connectivity index (χ1) is 6.76. The predicted molar refractivity (Wildman–Crippen MR) is 61.1 cm³/mol. The third kappa shape index (κ3) is 3.30. The summed E-state index contributed by atoms with van der Waals surface area (Å²) >= 11 is 5.55. The SMILES string of the molecule is COc1cccc(NC/C(C)=C/Cl)c1. The minimum absolute atomic E-state index is 0.747. The highest BCUT2D eigenvalue weighted by atomic mass is 35.5. The molecule has 0 bridgehead atoms. The Morgan fingerprint density at radius 2 is 2.36 bits per heavy atom. The molecule has 3 heteroatoms. The molecule has 0 aliphatic rings. The first kappa shape index (κ1) is 10.9. The van der Waals surface area contributed by atoms with E-state index in [9.17, 15) is 0 Å². The molecular weight excluding hydrogens is 198 g/mol. The van der Waals surface area contributed by atoms with Gasteiger partial charge in [0.25, 0.3) is 0 Å². The molecule has 1 aromatic rings. The average molecular weight is 212 g/mol. The summed E-state index contributed by atoms with van der Waals surface area (Å²) in [7, 11) is 1.66. The lowest BCUT2D eigenvalue weighted by Crippen LogP contribution is -2.02. The number of ether oxygens (including phenoxy) is 1. The first-order valence-electron chi connectivity index (χ1n) is 4.40. The van der Waals surface area contributed by atoms with Crippen molar-refractivity contribution < 1.29 is 4.74 Å². The summed E-state index contributed by atoms with van der Waals surface area (Å²) in [6, 6.07) is 7.79. The molecule has 0 fully saturated rings. The third-order valence-corrected chi connectivity index (χ3v) is 2.20. The Morgan fingerprint density at radius 3 is 3.00 bits per heavy atom. The van der Waals surface area contributed by atoms with E-state index in [1.807, 2.05) is 31.2 Å². The van der Waals surface area contributed by atoms with E-state index in [2.05, 4.69) is 5.32 Å². The molecule has 0 saturated heterocycles. The van der Waals surface area contributed by atoms with Crippen LogP contribution in [0.2, 0.25) is 0 Å². The van der Waals surface area contributed by atoms with Crippen LogP contribution in [-0.4, -0.2) is 13.7 Å². The van der Waals surface area contributed by atoms with Crippen molar-refractivity contribution in [3.05, 3.63) is 35.4 Å². The minimum atomic E-state index is 0.747. The second-order valence-corrected chi connectivity index (χ2v) is 3.26. The van der Waals surface area contributed by atoms with Gasteiger partial charge in [-0.3, -0.25) is 0 Å². The zero-order valence-corrected chi connectivity index (χ0v) is 9.14. The summed E-state index contributed by atoms with van der Waals surface area (Å²) in [5.41, 5.74) is 3.70. The van der Waals surface area contributed by atoms with Gasteiger partial charge in [-0.05, 0) is 24.6 Å². The van der Waals surface area contributed by atoms with Gasteiger partial charge >= 0.3 is 0 Å². The van der Waals surface area contributed by atoms with Crippen LogP contribution in [-0.2, 0) is 0 Å². The van der Waals surface area contributed by atoms with Gasteiger partial charge in [0.05, 0.1) is 7.11 Å². The van der Waals surface area contributed by atoms with E-state index in [0.717, 1.165) is 23.6 Å². The largest absolute Gasteiger partial charge is 0.497 e. The molecule has 2 nitrogen and oxygen atoms in total. The molecule has 0 amide bonds. The molecule has 0 aliphatic heterocycles. The molecule has 1 aromatic carbocycles. The Morgan fingerprint density at radius 1 is 1.57 bits per heavy atom. The van der Waals surface area contributed by atoms with E-state index in [0.29, 0.717) is 0 Å². The maximum atomic E-state index is 5.55. The number of halogens is 1. The molecule has 0 radical (unpaired) electrons. The summed E-state index contributed by atoms with van der Waals surface area (Å²) < 4.78 is 5.11. The third-order valence-electron chi connectivity index (χ3n) is 1.83. The highest BCUT2D eigenvalue weighted by Crippen LogP contribution is 2.16. The number of methoxy groups -OCH3 is 1. The van der Waals surface area contributed by atoms with Crippen LogP contribution in [0.15, 0.2) is 35.4 Å². The zero-order chi connectivity index (χ0) is 10.4. The topological polar surface area (TPSA) is 21.3 Å². The molecule has 14 heavy (non-hydrogen) atoms. The van der Waals surface area contributed by atoms with Crippen LogP contribution in [0.1, 0.15) is 6.92 Å². The summed E-state index contributed by atoms with van der Waals surface area (Å²) in [6.45, 7) is 2.72. The van der Waals surface area contributed by atoms with Gasteiger partial charge in [0.15, 0.2) is 0 Å². The van der Waals surface area contributed by atoms with Gasteiger partial charge in [-0.1, -0.05) is 17.7 Å². The average Bonchev–Trinajstić information content (AvgIpc) is 2.26. The Bertz CT molecular complexity index is 323. The van der Waals surface area contributed by atoms with Gasteiger partial charge in [-0.2, -0.15) is 0 Å². The quantitative estimate of drug-likeness (QED) is 0.826. The Hall–Kier alpha value is -1.15. The molecule has 0 spiro atoms. The van der Waals surface area contributed by atoms with E-state index in [-0.39, 0.29) is 0 Å². The molecule has 0 saturated carbocycles. The normalized spacial score (nSPS) is 11.2. The van der Waals surface area contributed by atoms with Crippen molar-refractivity contribution in [2.24, 2.45) is 0 Å².